The molecule has 108 valence electrons. The van der Waals surface area contributed by atoms with Gasteiger partial charge in [0.05, 0.1) is 13.7 Å². The molecule has 0 unspecified atom stereocenters. The van der Waals surface area contributed by atoms with Gasteiger partial charge in [0.1, 0.15) is 18.1 Å². The standard InChI is InChI=1S/C18H18O3/c1-20-17-6-4-7-18(13-17)21-14-16-10-8-15(9-11-16)5-2-3-12-19/h4,6-11,13,19H,3,12,14H2,1H3. The minimum Gasteiger partial charge on any atom is -0.497 e. The third-order valence-corrected chi connectivity index (χ3v) is 2.87. The van der Waals surface area contributed by atoms with E-state index < -0.39 is 0 Å². The number of rotatable bonds is 5. The molecule has 0 atom stereocenters. The predicted octanol–water partition coefficient (Wildman–Crippen LogP) is 3.01. The highest BCUT2D eigenvalue weighted by molar-refractivity contribution is 5.36. The van der Waals surface area contributed by atoms with Crippen LogP contribution in [0, 0.1) is 11.8 Å². The first kappa shape index (κ1) is 15.0. The second-order valence-corrected chi connectivity index (χ2v) is 4.44. The number of hydrogen-bond acceptors (Lipinski definition) is 3. The molecule has 0 saturated heterocycles. The van der Waals surface area contributed by atoms with Gasteiger partial charge in [0.25, 0.3) is 0 Å². The van der Waals surface area contributed by atoms with Gasteiger partial charge < -0.3 is 14.6 Å². The normalized spacial score (nSPS) is 9.62. The Bertz CT molecular complexity index is 621. The number of aliphatic hydroxyl groups excluding tert-OH is 1. The monoisotopic (exact) mass is 282 g/mol. The van der Waals surface area contributed by atoms with Crippen molar-refractivity contribution in [1.82, 2.24) is 0 Å². The SMILES string of the molecule is COc1cccc(OCc2ccc(C#CCCO)cc2)c1. The first-order chi connectivity index (χ1) is 10.3. The molecule has 2 aromatic carbocycles. The molecule has 0 fully saturated rings. The Kier molecular flexibility index (Phi) is 5.69. The molecule has 1 N–H and O–H groups in total. The molecule has 0 spiro atoms. The molecule has 3 nitrogen and oxygen atoms in total. The first-order valence-electron chi connectivity index (χ1n) is 6.77. The summed E-state index contributed by atoms with van der Waals surface area (Å²) in [7, 11) is 1.63. The predicted molar refractivity (Wildman–Crippen MR) is 82.3 cm³/mol. The molecule has 0 heterocycles. The average Bonchev–Trinajstić information content (AvgIpc) is 2.54. The number of methoxy groups -OCH3 is 1. The van der Waals surface area contributed by atoms with Crippen LogP contribution in [-0.2, 0) is 6.61 Å². The molecule has 0 amide bonds. The maximum Gasteiger partial charge on any atom is 0.123 e. The summed E-state index contributed by atoms with van der Waals surface area (Å²) >= 11 is 0. The highest BCUT2D eigenvalue weighted by Gasteiger charge is 1.98. The molecule has 0 aromatic heterocycles. The van der Waals surface area contributed by atoms with E-state index in [1.807, 2.05) is 48.5 Å². The molecular formula is C18H18O3. The molecular weight excluding hydrogens is 264 g/mol. The van der Waals surface area contributed by atoms with E-state index in [-0.39, 0.29) is 6.61 Å². The van der Waals surface area contributed by atoms with Gasteiger partial charge >= 0.3 is 0 Å². The Balaban J connectivity index is 1.93. The van der Waals surface area contributed by atoms with Crippen LogP contribution in [0.15, 0.2) is 48.5 Å². The Morgan fingerprint density at radius 3 is 2.52 bits per heavy atom. The van der Waals surface area contributed by atoms with Crippen molar-refractivity contribution in [2.45, 2.75) is 13.0 Å². The summed E-state index contributed by atoms with van der Waals surface area (Å²) in [5.74, 6) is 7.45. The van der Waals surface area contributed by atoms with Gasteiger partial charge in [-0.15, -0.1) is 0 Å². The number of ether oxygens (including phenoxy) is 2. The van der Waals surface area contributed by atoms with Crippen LogP contribution >= 0.6 is 0 Å². The summed E-state index contributed by atoms with van der Waals surface area (Å²) < 4.78 is 10.9. The molecule has 0 aliphatic heterocycles. The minimum atomic E-state index is 0.0967. The van der Waals surface area contributed by atoms with Crippen LogP contribution in [0.2, 0.25) is 0 Å². The van der Waals surface area contributed by atoms with Crippen LogP contribution in [0.25, 0.3) is 0 Å². The maximum atomic E-state index is 8.68. The second kappa shape index (κ2) is 7.98. The van der Waals surface area contributed by atoms with Crippen LogP contribution in [0.1, 0.15) is 17.5 Å². The highest BCUT2D eigenvalue weighted by atomic mass is 16.5. The third-order valence-electron chi connectivity index (χ3n) is 2.87. The first-order valence-corrected chi connectivity index (χ1v) is 6.77. The largest absolute Gasteiger partial charge is 0.497 e. The van der Waals surface area contributed by atoms with Crippen molar-refractivity contribution >= 4 is 0 Å². The molecule has 0 bridgehead atoms. The van der Waals surface area contributed by atoms with E-state index in [4.69, 9.17) is 14.6 Å². The van der Waals surface area contributed by atoms with Crippen molar-refractivity contribution in [1.29, 1.82) is 0 Å². The van der Waals surface area contributed by atoms with Crippen molar-refractivity contribution in [3.05, 3.63) is 59.7 Å². The summed E-state index contributed by atoms with van der Waals surface area (Å²) in [4.78, 5) is 0. The van der Waals surface area contributed by atoms with Gasteiger partial charge in [-0.25, -0.2) is 0 Å². The van der Waals surface area contributed by atoms with E-state index in [9.17, 15) is 0 Å². The Labute approximate surface area is 125 Å². The van der Waals surface area contributed by atoms with Crippen molar-refractivity contribution in [3.8, 4) is 23.3 Å². The smallest absolute Gasteiger partial charge is 0.123 e. The molecule has 0 aliphatic carbocycles. The lowest BCUT2D eigenvalue weighted by Gasteiger charge is -2.07. The van der Waals surface area contributed by atoms with Crippen LogP contribution in [-0.4, -0.2) is 18.8 Å². The van der Waals surface area contributed by atoms with E-state index in [0.29, 0.717) is 13.0 Å². The fourth-order valence-electron chi connectivity index (χ4n) is 1.76. The molecule has 0 saturated carbocycles. The second-order valence-electron chi connectivity index (χ2n) is 4.44. The van der Waals surface area contributed by atoms with E-state index in [1.54, 1.807) is 7.11 Å². The van der Waals surface area contributed by atoms with Gasteiger partial charge in [-0.05, 0) is 29.8 Å². The lowest BCUT2D eigenvalue weighted by Crippen LogP contribution is -1.95. The summed E-state index contributed by atoms with van der Waals surface area (Å²) in [5.41, 5.74) is 2.01. The number of aliphatic hydroxyl groups is 1. The van der Waals surface area contributed by atoms with Gasteiger partial charge in [0.15, 0.2) is 0 Å². The molecule has 21 heavy (non-hydrogen) atoms. The molecule has 2 aromatic rings. The summed E-state index contributed by atoms with van der Waals surface area (Å²) in [6.07, 6.45) is 0.501. The molecule has 0 aliphatic rings. The van der Waals surface area contributed by atoms with E-state index >= 15 is 0 Å². The summed E-state index contributed by atoms with van der Waals surface area (Å²) in [5, 5.41) is 8.68. The average molecular weight is 282 g/mol. The van der Waals surface area contributed by atoms with Crippen molar-refractivity contribution < 1.29 is 14.6 Å². The highest BCUT2D eigenvalue weighted by Crippen LogP contribution is 2.20. The van der Waals surface area contributed by atoms with Gasteiger partial charge in [-0.2, -0.15) is 0 Å². The topological polar surface area (TPSA) is 38.7 Å². The minimum absolute atomic E-state index is 0.0967. The summed E-state index contributed by atoms with van der Waals surface area (Å²) in [6.45, 7) is 0.594. The molecule has 3 heteroatoms. The van der Waals surface area contributed by atoms with Crippen LogP contribution in [0.3, 0.4) is 0 Å². The van der Waals surface area contributed by atoms with Crippen LogP contribution in [0.4, 0.5) is 0 Å². The van der Waals surface area contributed by atoms with Gasteiger partial charge in [-0.3, -0.25) is 0 Å². The Morgan fingerprint density at radius 1 is 1.05 bits per heavy atom. The lowest BCUT2D eigenvalue weighted by molar-refractivity contribution is 0.303. The zero-order valence-corrected chi connectivity index (χ0v) is 12.0. The Hall–Kier alpha value is -2.44. The van der Waals surface area contributed by atoms with E-state index in [2.05, 4.69) is 11.8 Å². The quantitative estimate of drug-likeness (QED) is 0.857. The van der Waals surface area contributed by atoms with Crippen LogP contribution < -0.4 is 9.47 Å². The van der Waals surface area contributed by atoms with Gasteiger partial charge in [-0.1, -0.05) is 30.0 Å². The van der Waals surface area contributed by atoms with Crippen molar-refractivity contribution in [2.24, 2.45) is 0 Å². The number of hydrogen-bond donors (Lipinski definition) is 1. The zero-order valence-electron chi connectivity index (χ0n) is 12.0. The Morgan fingerprint density at radius 2 is 1.81 bits per heavy atom. The molecule has 2 rings (SSSR count). The van der Waals surface area contributed by atoms with E-state index in [1.165, 1.54) is 0 Å². The summed E-state index contributed by atoms with van der Waals surface area (Å²) in [6, 6.07) is 15.4. The van der Waals surface area contributed by atoms with Crippen molar-refractivity contribution in [2.75, 3.05) is 13.7 Å². The van der Waals surface area contributed by atoms with E-state index in [0.717, 1.165) is 22.6 Å². The number of benzene rings is 2. The van der Waals surface area contributed by atoms with Crippen molar-refractivity contribution in [3.63, 3.8) is 0 Å². The van der Waals surface area contributed by atoms with Gasteiger partial charge in [0.2, 0.25) is 0 Å². The van der Waals surface area contributed by atoms with Crippen LogP contribution in [0.5, 0.6) is 11.5 Å². The fraction of sp³-hybridized carbons (Fsp3) is 0.222. The van der Waals surface area contributed by atoms with Gasteiger partial charge in [0, 0.05) is 18.1 Å². The fourth-order valence-corrected chi connectivity index (χ4v) is 1.76. The maximum absolute atomic E-state index is 8.68. The third kappa shape index (κ3) is 4.87. The molecule has 0 radical (unpaired) electrons. The zero-order chi connectivity index (χ0) is 14.9. The lowest BCUT2D eigenvalue weighted by atomic mass is 10.1.